The molecule has 0 bridgehead atoms. The fourth-order valence-corrected chi connectivity index (χ4v) is 3.73. The van der Waals surface area contributed by atoms with Gasteiger partial charge in [0, 0.05) is 0 Å². The summed E-state index contributed by atoms with van der Waals surface area (Å²) in [6.07, 6.45) is -3.59. The zero-order valence-electron chi connectivity index (χ0n) is 14.4. The van der Waals surface area contributed by atoms with Crippen LogP contribution in [0.4, 0.5) is 17.6 Å². The Hall–Kier alpha value is -3.02. The molecule has 0 spiro atoms. The van der Waals surface area contributed by atoms with Crippen LogP contribution >= 0.6 is 0 Å². The molecule has 0 aliphatic carbocycles. The minimum absolute atomic E-state index is 0.401. The SMILES string of the molecule is COc1nc(-n2cc(F)cn2)nc(S(=O)(=O)c2ccc(C)cc2)c1C(F)(F)F. The van der Waals surface area contributed by atoms with Crippen molar-refractivity contribution in [3.05, 3.63) is 53.6 Å². The Balaban J connectivity index is 2.35. The molecule has 0 saturated heterocycles. The molecule has 0 unspecified atom stereocenters. The highest BCUT2D eigenvalue weighted by Crippen LogP contribution is 2.40. The summed E-state index contributed by atoms with van der Waals surface area (Å²) in [7, 11) is -3.82. The van der Waals surface area contributed by atoms with Gasteiger partial charge in [-0.25, -0.2) is 17.5 Å². The lowest BCUT2D eigenvalue weighted by molar-refractivity contribution is -0.141. The summed E-state index contributed by atoms with van der Waals surface area (Å²) in [6, 6.07) is 5.18. The minimum Gasteiger partial charge on any atom is -0.480 e. The minimum atomic E-state index is -5.13. The number of hydrogen-bond acceptors (Lipinski definition) is 6. The smallest absolute Gasteiger partial charge is 0.424 e. The van der Waals surface area contributed by atoms with Crippen molar-refractivity contribution >= 4 is 9.84 Å². The van der Waals surface area contributed by atoms with Gasteiger partial charge < -0.3 is 4.74 Å². The Kier molecular flexibility index (Phi) is 4.83. The Bertz CT molecular complexity index is 1130. The first-order valence-corrected chi connectivity index (χ1v) is 9.08. The van der Waals surface area contributed by atoms with Gasteiger partial charge in [-0.2, -0.15) is 28.2 Å². The molecule has 3 aromatic rings. The first kappa shape index (κ1) is 19.7. The quantitative estimate of drug-likeness (QED) is 0.480. The van der Waals surface area contributed by atoms with E-state index in [-0.39, 0.29) is 0 Å². The number of alkyl halides is 3. The maximum absolute atomic E-state index is 13.6. The van der Waals surface area contributed by atoms with E-state index >= 15 is 0 Å². The number of ether oxygens (including phenoxy) is 1. The Morgan fingerprint density at radius 2 is 1.75 bits per heavy atom. The molecule has 3 rings (SSSR count). The lowest BCUT2D eigenvalue weighted by Gasteiger charge is -2.16. The van der Waals surface area contributed by atoms with E-state index in [0.29, 0.717) is 10.2 Å². The van der Waals surface area contributed by atoms with Crippen molar-refractivity contribution in [2.45, 2.75) is 23.0 Å². The maximum atomic E-state index is 13.6. The van der Waals surface area contributed by atoms with Crippen LogP contribution < -0.4 is 4.74 Å². The number of hydrogen-bond donors (Lipinski definition) is 0. The summed E-state index contributed by atoms with van der Waals surface area (Å²) in [5.74, 6) is -2.44. The van der Waals surface area contributed by atoms with Crippen molar-refractivity contribution in [1.29, 1.82) is 0 Å². The van der Waals surface area contributed by atoms with E-state index in [9.17, 15) is 26.0 Å². The number of sulfone groups is 1. The van der Waals surface area contributed by atoms with Crippen LogP contribution in [0.25, 0.3) is 5.95 Å². The first-order chi connectivity index (χ1) is 13.0. The van der Waals surface area contributed by atoms with Gasteiger partial charge in [0.2, 0.25) is 15.7 Å². The van der Waals surface area contributed by atoms with Crippen LogP contribution in [0.5, 0.6) is 5.88 Å². The molecule has 0 aliphatic rings. The van der Waals surface area contributed by atoms with Gasteiger partial charge in [-0.3, -0.25) is 0 Å². The van der Waals surface area contributed by atoms with Gasteiger partial charge in [0.15, 0.2) is 16.4 Å². The lowest BCUT2D eigenvalue weighted by atomic mass is 10.2. The molecule has 2 heterocycles. The Labute approximate surface area is 156 Å². The normalized spacial score (nSPS) is 12.2. The molecule has 1 aromatic carbocycles. The number of methoxy groups -OCH3 is 1. The van der Waals surface area contributed by atoms with Crippen LogP contribution in [0.15, 0.2) is 46.6 Å². The second kappa shape index (κ2) is 6.86. The average Bonchev–Trinajstić information content (AvgIpc) is 3.06. The van der Waals surface area contributed by atoms with E-state index in [2.05, 4.69) is 19.8 Å². The molecule has 28 heavy (non-hydrogen) atoms. The maximum Gasteiger partial charge on any atom is 0.424 e. The third-order valence-electron chi connectivity index (χ3n) is 3.65. The molecular weight excluding hydrogens is 404 g/mol. The Morgan fingerprint density at radius 3 is 2.25 bits per heavy atom. The monoisotopic (exact) mass is 416 g/mol. The number of halogens is 4. The van der Waals surface area contributed by atoms with E-state index < -0.39 is 49.1 Å². The molecule has 0 aliphatic heterocycles. The highest BCUT2D eigenvalue weighted by Gasteiger charge is 2.44. The molecule has 0 N–H and O–H groups in total. The van der Waals surface area contributed by atoms with Crippen LogP contribution in [-0.2, 0) is 16.0 Å². The average molecular weight is 416 g/mol. The molecular formula is C16H12F4N4O3S. The summed E-state index contributed by atoms with van der Waals surface area (Å²) in [5, 5.41) is 2.23. The molecule has 0 amide bonds. The number of nitrogens with zero attached hydrogens (tertiary/aromatic N) is 4. The van der Waals surface area contributed by atoms with Gasteiger partial charge in [-0.1, -0.05) is 17.7 Å². The fraction of sp³-hybridized carbons (Fsp3) is 0.188. The van der Waals surface area contributed by atoms with Crippen LogP contribution in [-0.4, -0.2) is 35.3 Å². The lowest BCUT2D eigenvalue weighted by Crippen LogP contribution is -2.20. The van der Waals surface area contributed by atoms with Crippen LogP contribution in [0, 0.1) is 12.7 Å². The van der Waals surface area contributed by atoms with Gasteiger partial charge in [0.1, 0.15) is 0 Å². The summed E-state index contributed by atoms with van der Waals surface area (Å²) >= 11 is 0. The molecule has 148 valence electrons. The van der Waals surface area contributed by atoms with Gasteiger partial charge in [0.05, 0.1) is 24.4 Å². The predicted octanol–water partition coefficient (Wildman–Crippen LogP) is 2.97. The van der Waals surface area contributed by atoms with Crippen molar-refractivity contribution in [3.63, 3.8) is 0 Å². The summed E-state index contributed by atoms with van der Waals surface area (Å²) in [5.41, 5.74) is -0.949. The second-order valence-corrected chi connectivity index (χ2v) is 7.50. The van der Waals surface area contributed by atoms with Gasteiger partial charge in [-0.05, 0) is 19.1 Å². The summed E-state index contributed by atoms with van der Waals surface area (Å²) in [6.45, 7) is 1.69. The number of benzene rings is 1. The van der Waals surface area contributed by atoms with Gasteiger partial charge in [-0.15, -0.1) is 0 Å². The van der Waals surface area contributed by atoms with E-state index in [1.165, 1.54) is 12.1 Å². The topological polar surface area (TPSA) is 87.0 Å². The molecule has 7 nitrogen and oxygen atoms in total. The van der Waals surface area contributed by atoms with Crippen LogP contribution in [0.3, 0.4) is 0 Å². The summed E-state index contributed by atoms with van der Waals surface area (Å²) < 4.78 is 85.3. The molecule has 0 radical (unpaired) electrons. The summed E-state index contributed by atoms with van der Waals surface area (Å²) in [4.78, 5) is 6.67. The highest BCUT2D eigenvalue weighted by molar-refractivity contribution is 7.91. The van der Waals surface area contributed by atoms with Crippen molar-refractivity contribution in [3.8, 4) is 11.8 Å². The number of aryl methyl sites for hydroxylation is 1. The van der Waals surface area contributed by atoms with E-state index in [1.54, 1.807) is 6.92 Å². The highest BCUT2D eigenvalue weighted by atomic mass is 32.2. The molecule has 12 heteroatoms. The van der Waals surface area contributed by atoms with Crippen LogP contribution in [0.1, 0.15) is 11.1 Å². The van der Waals surface area contributed by atoms with Gasteiger partial charge in [0.25, 0.3) is 5.95 Å². The number of aromatic nitrogens is 4. The fourth-order valence-electron chi connectivity index (χ4n) is 2.34. The molecule has 0 saturated carbocycles. The van der Waals surface area contributed by atoms with Crippen LogP contribution in [0.2, 0.25) is 0 Å². The Morgan fingerprint density at radius 1 is 1.11 bits per heavy atom. The third-order valence-corrected chi connectivity index (χ3v) is 5.35. The van der Waals surface area contributed by atoms with E-state index in [4.69, 9.17) is 0 Å². The standard InChI is InChI=1S/C16H12F4N4O3S/c1-9-3-5-11(6-4-9)28(25,26)14-12(16(18,19)20)13(27-2)22-15(23-14)24-8-10(17)7-21-24/h3-8H,1-2H3. The van der Waals surface area contributed by atoms with Crippen molar-refractivity contribution < 1.29 is 30.7 Å². The first-order valence-electron chi connectivity index (χ1n) is 7.59. The van der Waals surface area contributed by atoms with Gasteiger partial charge >= 0.3 is 6.18 Å². The molecule has 0 atom stereocenters. The largest absolute Gasteiger partial charge is 0.480 e. The molecule has 0 fully saturated rings. The zero-order chi connectivity index (χ0) is 20.7. The molecule has 2 aromatic heterocycles. The predicted molar refractivity (Wildman–Crippen MR) is 87.3 cm³/mol. The second-order valence-electron chi connectivity index (χ2n) is 5.63. The third kappa shape index (κ3) is 3.54. The zero-order valence-corrected chi connectivity index (χ0v) is 15.2. The van der Waals surface area contributed by atoms with Crippen molar-refractivity contribution in [1.82, 2.24) is 19.7 Å². The van der Waals surface area contributed by atoms with Crippen molar-refractivity contribution in [2.75, 3.05) is 7.11 Å². The number of rotatable bonds is 4. The van der Waals surface area contributed by atoms with Crippen molar-refractivity contribution in [2.24, 2.45) is 0 Å². The van der Waals surface area contributed by atoms with E-state index in [0.717, 1.165) is 31.6 Å². The van der Waals surface area contributed by atoms with E-state index in [1.807, 2.05) is 0 Å².